The molecule has 0 aliphatic rings. The number of hydrogen-bond donors (Lipinski definition) is 2. The Morgan fingerprint density at radius 3 is 3.06 bits per heavy atom. The van der Waals surface area contributed by atoms with Crippen LogP contribution in [0.25, 0.3) is 11.2 Å². The van der Waals surface area contributed by atoms with Gasteiger partial charge in [-0.2, -0.15) is 0 Å². The van der Waals surface area contributed by atoms with Gasteiger partial charge in [0.1, 0.15) is 11.8 Å². The molecule has 3 heterocycles. The highest BCUT2D eigenvalue weighted by Gasteiger charge is 2.06. The Bertz CT molecular complexity index is 675. The van der Waals surface area contributed by atoms with Crippen LogP contribution in [-0.4, -0.2) is 24.9 Å². The summed E-state index contributed by atoms with van der Waals surface area (Å²) in [6.45, 7) is 2.66. The Hall–Kier alpha value is -2.50. The number of anilines is 1. The molecule has 6 heteroatoms. The average molecular weight is 240 g/mol. The molecule has 3 aromatic rings. The maximum absolute atomic E-state index is 4.33. The summed E-state index contributed by atoms with van der Waals surface area (Å²) in [6.07, 6.45) is 4.89. The quantitative estimate of drug-likeness (QED) is 0.728. The van der Waals surface area contributed by atoms with Crippen LogP contribution in [-0.2, 0) is 6.54 Å². The van der Waals surface area contributed by atoms with E-state index in [9.17, 15) is 0 Å². The fourth-order valence-electron chi connectivity index (χ4n) is 1.77. The molecule has 0 fully saturated rings. The van der Waals surface area contributed by atoms with Crippen molar-refractivity contribution in [1.82, 2.24) is 24.9 Å². The lowest BCUT2D eigenvalue weighted by Gasteiger charge is -2.07. The molecule has 0 atom stereocenters. The number of nitrogens with zero attached hydrogens (tertiary/aromatic N) is 4. The summed E-state index contributed by atoms with van der Waals surface area (Å²) in [7, 11) is 0. The van der Waals surface area contributed by atoms with Gasteiger partial charge in [0.05, 0.1) is 18.6 Å². The predicted molar refractivity (Wildman–Crippen MR) is 68.0 cm³/mol. The van der Waals surface area contributed by atoms with Crippen molar-refractivity contribution >= 4 is 17.0 Å². The Labute approximate surface area is 104 Å². The van der Waals surface area contributed by atoms with E-state index in [1.165, 1.54) is 6.33 Å². The largest absolute Gasteiger partial charge is 0.363 e. The van der Waals surface area contributed by atoms with Crippen LogP contribution in [0.1, 0.15) is 11.3 Å². The van der Waals surface area contributed by atoms with Gasteiger partial charge in [0.25, 0.3) is 0 Å². The molecule has 0 aliphatic carbocycles. The van der Waals surface area contributed by atoms with Gasteiger partial charge in [-0.15, -0.1) is 0 Å². The lowest BCUT2D eigenvalue weighted by atomic mass is 10.2. The fourth-order valence-corrected chi connectivity index (χ4v) is 1.77. The van der Waals surface area contributed by atoms with Gasteiger partial charge in [-0.3, -0.25) is 4.98 Å². The molecule has 6 nitrogen and oxygen atoms in total. The summed E-state index contributed by atoms with van der Waals surface area (Å²) in [5.41, 5.74) is 3.63. The molecular formula is C12H12N6. The van der Waals surface area contributed by atoms with E-state index < -0.39 is 0 Å². The molecule has 0 amide bonds. The van der Waals surface area contributed by atoms with Crippen LogP contribution in [0, 0.1) is 6.92 Å². The standard InChI is InChI=1S/C12H12N6/c1-8-3-2-4-13-9(8)5-14-11-10-12(16-6-15-10)18-7-17-11/h2-4,6-7H,5H2,1H3,(H2,14,15,16,17,18). The second-order valence-corrected chi connectivity index (χ2v) is 3.94. The molecule has 0 aromatic carbocycles. The highest BCUT2D eigenvalue weighted by atomic mass is 15.1. The second kappa shape index (κ2) is 4.40. The number of rotatable bonds is 3. The van der Waals surface area contributed by atoms with Crippen LogP contribution in [0.4, 0.5) is 5.82 Å². The van der Waals surface area contributed by atoms with Crippen molar-refractivity contribution in [3.63, 3.8) is 0 Å². The third kappa shape index (κ3) is 1.88. The third-order valence-electron chi connectivity index (χ3n) is 2.76. The van der Waals surface area contributed by atoms with Crippen molar-refractivity contribution in [2.75, 3.05) is 5.32 Å². The molecule has 18 heavy (non-hydrogen) atoms. The number of fused-ring (bicyclic) bond motifs is 1. The van der Waals surface area contributed by atoms with E-state index in [1.54, 1.807) is 12.5 Å². The normalized spacial score (nSPS) is 10.7. The number of imidazole rings is 1. The van der Waals surface area contributed by atoms with Crippen LogP contribution in [0.2, 0.25) is 0 Å². The highest BCUT2D eigenvalue weighted by molar-refractivity contribution is 5.81. The Morgan fingerprint density at radius 2 is 2.17 bits per heavy atom. The van der Waals surface area contributed by atoms with E-state index >= 15 is 0 Å². The Kier molecular flexibility index (Phi) is 2.60. The van der Waals surface area contributed by atoms with Crippen molar-refractivity contribution in [3.05, 3.63) is 42.2 Å². The van der Waals surface area contributed by atoms with E-state index in [0.717, 1.165) is 22.6 Å². The SMILES string of the molecule is Cc1cccnc1CNc1ncnc2nc[nH]c12. The summed E-state index contributed by atoms with van der Waals surface area (Å²) >= 11 is 0. The van der Waals surface area contributed by atoms with Crippen molar-refractivity contribution in [1.29, 1.82) is 0 Å². The summed E-state index contributed by atoms with van der Waals surface area (Å²) < 4.78 is 0. The fraction of sp³-hybridized carbons (Fsp3) is 0.167. The van der Waals surface area contributed by atoms with Gasteiger partial charge in [0.2, 0.25) is 0 Å². The highest BCUT2D eigenvalue weighted by Crippen LogP contribution is 2.15. The van der Waals surface area contributed by atoms with Gasteiger partial charge < -0.3 is 10.3 Å². The predicted octanol–water partition coefficient (Wildman–Crippen LogP) is 1.67. The van der Waals surface area contributed by atoms with Crippen molar-refractivity contribution in [2.45, 2.75) is 13.5 Å². The number of aromatic amines is 1. The van der Waals surface area contributed by atoms with Gasteiger partial charge in [-0.05, 0) is 18.6 Å². The van der Waals surface area contributed by atoms with Crippen LogP contribution >= 0.6 is 0 Å². The molecular weight excluding hydrogens is 228 g/mol. The summed E-state index contributed by atoms with van der Waals surface area (Å²) in [6, 6.07) is 3.96. The molecule has 0 saturated heterocycles. The zero-order valence-electron chi connectivity index (χ0n) is 9.88. The van der Waals surface area contributed by atoms with Crippen LogP contribution in [0.3, 0.4) is 0 Å². The minimum Gasteiger partial charge on any atom is -0.363 e. The van der Waals surface area contributed by atoms with E-state index in [-0.39, 0.29) is 0 Å². The van der Waals surface area contributed by atoms with Gasteiger partial charge in [-0.1, -0.05) is 6.07 Å². The van der Waals surface area contributed by atoms with Crippen LogP contribution in [0.5, 0.6) is 0 Å². The van der Waals surface area contributed by atoms with Crippen molar-refractivity contribution in [2.24, 2.45) is 0 Å². The third-order valence-corrected chi connectivity index (χ3v) is 2.76. The number of aromatic nitrogens is 5. The van der Waals surface area contributed by atoms with Crippen molar-refractivity contribution < 1.29 is 0 Å². The minimum atomic E-state index is 0.623. The lowest BCUT2D eigenvalue weighted by molar-refractivity contribution is 1.00. The van der Waals surface area contributed by atoms with Gasteiger partial charge >= 0.3 is 0 Å². The number of aryl methyl sites for hydroxylation is 1. The second-order valence-electron chi connectivity index (χ2n) is 3.94. The summed E-state index contributed by atoms with van der Waals surface area (Å²) in [4.78, 5) is 19.7. The zero-order valence-corrected chi connectivity index (χ0v) is 9.88. The van der Waals surface area contributed by atoms with Gasteiger partial charge in [0.15, 0.2) is 11.5 Å². The van der Waals surface area contributed by atoms with E-state index in [0.29, 0.717) is 12.2 Å². The molecule has 0 saturated carbocycles. The monoisotopic (exact) mass is 240 g/mol. The van der Waals surface area contributed by atoms with E-state index in [1.807, 2.05) is 19.1 Å². The average Bonchev–Trinajstić information content (AvgIpc) is 2.86. The topological polar surface area (TPSA) is 79.4 Å². The zero-order chi connectivity index (χ0) is 12.4. The molecule has 0 spiro atoms. The molecule has 0 aliphatic heterocycles. The molecule has 90 valence electrons. The maximum Gasteiger partial charge on any atom is 0.182 e. The minimum absolute atomic E-state index is 0.623. The van der Waals surface area contributed by atoms with E-state index in [4.69, 9.17) is 0 Å². The van der Waals surface area contributed by atoms with Crippen LogP contribution < -0.4 is 5.32 Å². The first-order chi connectivity index (χ1) is 8.84. The number of pyridine rings is 1. The number of nitrogens with one attached hydrogen (secondary N) is 2. The van der Waals surface area contributed by atoms with Gasteiger partial charge in [0, 0.05) is 6.20 Å². The first kappa shape index (κ1) is 10.6. The first-order valence-corrected chi connectivity index (χ1v) is 5.63. The molecule has 0 bridgehead atoms. The molecule has 2 N–H and O–H groups in total. The molecule has 0 radical (unpaired) electrons. The summed E-state index contributed by atoms with van der Waals surface area (Å²) in [5.74, 6) is 0.738. The first-order valence-electron chi connectivity index (χ1n) is 5.63. The molecule has 3 rings (SSSR count). The Morgan fingerprint density at radius 1 is 1.22 bits per heavy atom. The lowest BCUT2D eigenvalue weighted by Crippen LogP contribution is -2.05. The number of hydrogen-bond acceptors (Lipinski definition) is 5. The van der Waals surface area contributed by atoms with Crippen LogP contribution in [0.15, 0.2) is 31.0 Å². The van der Waals surface area contributed by atoms with Crippen molar-refractivity contribution in [3.8, 4) is 0 Å². The smallest absolute Gasteiger partial charge is 0.182 e. The Balaban J connectivity index is 1.85. The van der Waals surface area contributed by atoms with E-state index in [2.05, 4.69) is 30.2 Å². The molecule has 3 aromatic heterocycles. The van der Waals surface area contributed by atoms with Gasteiger partial charge in [-0.25, -0.2) is 15.0 Å². The number of H-pyrrole nitrogens is 1. The molecule has 0 unspecified atom stereocenters. The maximum atomic E-state index is 4.33. The summed E-state index contributed by atoms with van der Waals surface area (Å²) in [5, 5.41) is 3.25.